The fraction of sp³-hybridized carbons (Fsp3) is 0.850. The summed E-state index contributed by atoms with van der Waals surface area (Å²) in [6.45, 7) is 3.33. The molecular weight excluding hydrogens is 358 g/mol. The number of nitrogens with zero attached hydrogens (tertiary/aromatic N) is 3. The third-order valence-electron chi connectivity index (χ3n) is 5.91. The highest BCUT2D eigenvalue weighted by molar-refractivity contribution is 5.74. The van der Waals surface area contributed by atoms with Gasteiger partial charge in [-0.2, -0.15) is 0 Å². The van der Waals surface area contributed by atoms with E-state index in [-0.39, 0.29) is 30.9 Å². The summed E-state index contributed by atoms with van der Waals surface area (Å²) < 4.78 is 7.96. The minimum Gasteiger partial charge on any atom is -0.394 e. The lowest BCUT2D eigenvalue weighted by molar-refractivity contribution is -0.0907. The monoisotopic (exact) mass is 393 g/mol. The molecule has 1 aliphatic carbocycles. The van der Waals surface area contributed by atoms with Crippen molar-refractivity contribution in [3.63, 3.8) is 0 Å². The van der Waals surface area contributed by atoms with Crippen LogP contribution in [0.4, 0.5) is 4.79 Å². The number of carbonyl (C=O) groups is 1. The molecule has 3 rings (SSSR count). The van der Waals surface area contributed by atoms with Crippen LogP contribution in [-0.4, -0.2) is 57.5 Å². The van der Waals surface area contributed by atoms with E-state index < -0.39 is 0 Å². The predicted octanol–water partition coefficient (Wildman–Crippen LogP) is 2.33. The van der Waals surface area contributed by atoms with E-state index in [4.69, 9.17) is 4.74 Å². The van der Waals surface area contributed by atoms with Crippen molar-refractivity contribution in [1.29, 1.82) is 0 Å². The van der Waals surface area contributed by atoms with E-state index in [1.165, 1.54) is 32.1 Å². The van der Waals surface area contributed by atoms with Crippen LogP contribution in [0.3, 0.4) is 0 Å². The van der Waals surface area contributed by atoms with Gasteiger partial charge in [-0.15, -0.1) is 5.10 Å². The zero-order valence-electron chi connectivity index (χ0n) is 17.0. The van der Waals surface area contributed by atoms with Gasteiger partial charge in [0, 0.05) is 25.2 Å². The number of hydrogen-bond acceptors (Lipinski definition) is 5. The van der Waals surface area contributed by atoms with Crippen LogP contribution in [0.2, 0.25) is 0 Å². The summed E-state index contributed by atoms with van der Waals surface area (Å²) >= 11 is 0. The van der Waals surface area contributed by atoms with E-state index in [2.05, 4.69) is 27.1 Å². The fourth-order valence-corrected chi connectivity index (χ4v) is 4.25. The second kappa shape index (κ2) is 10.8. The Morgan fingerprint density at radius 1 is 1.29 bits per heavy atom. The molecule has 1 aromatic rings. The van der Waals surface area contributed by atoms with Gasteiger partial charge in [0.25, 0.3) is 0 Å². The van der Waals surface area contributed by atoms with Gasteiger partial charge in [-0.3, -0.25) is 4.68 Å². The number of ether oxygens (including phenoxy) is 1. The molecule has 2 fully saturated rings. The molecule has 2 heterocycles. The minimum absolute atomic E-state index is 0.0660. The number of nitrogens with one attached hydrogen (secondary N) is 2. The Morgan fingerprint density at radius 2 is 2.11 bits per heavy atom. The van der Waals surface area contributed by atoms with Crippen molar-refractivity contribution in [3.05, 3.63) is 11.9 Å². The van der Waals surface area contributed by atoms with Gasteiger partial charge >= 0.3 is 6.03 Å². The Balaban J connectivity index is 1.43. The van der Waals surface area contributed by atoms with Crippen molar-refractivity contribution in [1.82, 2.24) is 25.6 Å². The predicted molar refractivity (Wildman–Crippen MR) is 106 cm³/mol. The number of aliphatic hydroxyl groups excluding tert-OH is 1. The largest absolute Gasteiger partial charge is 0.394 e. The SMILES string of the molecule is CCCNC(=O)N[C@@H]1CC[C@@H](CCn2cc(C3CCCCC3)nn2)O[C@@H]1CO. The number of urea groups is 1. The highest BCUT2D eigenvalue weighted by Gasteiger charge is 2.31. The normalized spacial score (nSPS) is 26.1. The molecule has 1 aromatic heterocycles. The Hall–Kier alpha value is -1.67. The highest BCUT2D eigenvalue weighted by Crippen LogP contribution is 2.31. The molecule has 3 N–H and O–H groups in total. The van der Waals surface area contributed by atoms with Gasteiger partial charge in [0.05, 0.1) is 24.4 Å². The van der Waals surface area contributed by atoms with Gasteiger partial charge in [-0.1, -0.05) is 31.4 Å². The molecule has 1 aliphatic heterocycles. The molecule has 28 heavy (non-hydrogen) atoms. The van der Waals surface area contributed by atoms with Crippen LogP contribution in [0.1, 0.15) is 76.3 Å². The molecule has 158 valence electrons. The Labute approximate surface area is 167 Å². The van der Waals surface area contributed by atoms with Crippen LogP contribution in [0.25, 0.3) is 0 Å². The fourth-order valence-electron chi connectivity index (χ4n) is 4.25. The first-order valence-corrected chi connectivity index (χ1v) is 10.9. The zero-order chi connectivity index (χ0) is 19.8. The van der Waals surface area contributed by atoms with Crippen LogP contribution in [0.5, 0.6) is 0 Å². The van der Waals surface area contributed by atoms with E-state index >= 15 is 0 Å². The van der Waals surface area contributed by atoms with E-state index in [9.17, 15) is 9.90 Å². The molecule has 3 atom stereocenters. The molecule has 0 bridgehead atoms. The van der Waals surface area contributed by atoms with Crippen molar-refractivity contribution >= 4 is 6.03 Å². The molecule has 8 heteroatoms. The molecular formula is C20H35N5O3. The maximum absolute atomic E-state index is 11.9. The van der Waals surface area contributed by atoms with Gasteiger partial charge in [0.1, 0.15) is 6.10 Å². The van der Waals surface area contributed by atoms with E-state index in [0.29, 0.717) is 12.5 Å². The number of carbonyl (C=O) groups excluding carboxylic acids is 1. The van der Waals surface area contributed by atoms with Crippen molar-refractivity contribution in [3.8, 4) is 0 Å². The first kappa shape index (κ1) is 21.0. The summed E-state index contributed by atoms with van der Waals surface area (Å²) in [5, 5.41) is 24.1. The summed E-state index contributed by atoms with van der Waals surface area (Å²) in [5.74, 6) is 0.567. The summed E-state index contributed by atoms with van der Waals surface area (Å²) in [5.41, 5.74) is 1.12. The smallest absolute Gasteiger partial charge is 0.315 e. The molecule has 0 unspecified atom stereocenters. The molecule has 8 nitrogen and oxygen atoms in total. The average molecular weight is 394 g/mol. The van der Waals surface area contributed by atoms with Crippen molar-refractivity contribution in [2.24, 2.45) is 0 Å². The van der Waals surface area contributed by atoms with Crippen LogP contribution >= 0.6 is 0 Å². The number of amides is 2. The van der Waals surface area contributed by atoms with E-state index in [0.717, 1.165) is 37.9 Å². The standard InChI is InChI=1S/C20H35N5O3/c1-2-11-21-20(27)22-17-9-8-16(28-19(17)14-26)10-12-25-13-18(23-24-25)15-6-4-3-5-7-15/h13,15-17,19,26H,2-12,14H2,1H3,(H2,21,22,27)/t16-,17+,19+/m0/s1. The summed E-state index contributed by atoms with van der Waals surface area (Å²) in [6, 6.07) is -0.340. The number of hydrogen-bond donors (Lipinski definition) is 3. The molecule has 2 aliphatic rings. The number of rotatable bonds is 8. The number of aryl methyl sites for hydroxylation is 1. The number of aliphatic hydroxyl groups is 1. The topological polar surface area (TPSA) is 101 Å². The van der Waals surface area contributed by atoms with Gasteiger partial charge in [0.15, 0.2) is 0 Å². The second-order valence-corrected chi connectivity index (χ2v) is 8.09. The average Bonchev–Trinajstić information content (AvgIpc) is 3.21. The lowest BCUT2D eigenvalue weighted by Gasteiger charge is -2.36. The first-order chi connectivity index (χ1) is 13.7. The second-order valence-electron chi connectivity index (χ2n) is 8.09. The molecule has 1 saturated heterocycles. The van der Waals surface area contributed by atoms with E-state index in [1.54, 1.807) is 0 Å². The van der Waals surface area contributed by atoms with Gasteiger partial charge in [0.2, 0.25) is 0 Å². The third-order valence-corrected chi connectivity index (χ3v) is 5.91. The molecule has 2 amide bonds. The number of aromatic nitrogens is 3. The van der Waals surface area contributed by atoms with Crippen LogP contribution < -0.4 is 10.6 Å². The maximum Gasteiger partial charge on any atom is 0.315 e. The van der Waals surface area contributed by atoms with Gasteiger partial charge in [-0.25, -0.2) is 4.79 Å². The summed E-state index contributed by atoms with van der Waals surface area (Å²) in [4.78, 5) is 11.9. The summed E-state index contributed by atoms with van der Waals surface area (Å²) in [7, 11) is 0. The van der Waals surface area contributed by atoms with Crippen molar-refractivity contribution in [2.75, 3.05) is 13.2 Å². The minimum atomic E-state index is -0.361. The molecule has 0 spiro atoms. The zero-order valence-corrected chi connectivity index (χ0v) is 17.0. The molecule has 1 saturated carbocycles. The quantitative estimate of drug-likeness (QED) is 0.629. The van der Waals surface area contributed by atoms with Gasteiger partial charge < -0.3 is 20.5 Å². The van der Waals surface area contributed by atoms with Crippen molar-refractivity contribution < 1.29 is 14.6 Å². The van der Waals surface area contributed by atoms with Crippen LogP contribution in [-0.2, 0) is 11.3 Å². The van der Waals surface area contributed by atoms with E-state index in [1.807, 2.05) is 11.6 Å². The van der Waals surface area contributed by atoms with Crippen LogP contribution in [0.15, 0.2) is 6.20 Å². The Bertz CT molecular complexity index is 602. The Kier molecular flexibility index (Phi) is 8.09. The molecule has 0 aromatic carbocycles. The third kappa shape index (κ3) is 5.91. The summed E-state index contributed by atoms with van der Waals surface area (Å²) in [6.07, 6.45) is 11.6. The molecule has 0 radical (unpaired) electrons. The Morgan fingerprint density at radius 3 is 2.86 bits per heavy atom. The van der Waals surface area contributed by atoms with Gasteiger partial charge in [-0.05, 0) is 38.5 Å². The maximum atomic E-state index is 11.9. The lowest BCUT2D eigenvalue weighted by atomic mass is 9.87. The van der Waals surface area contributed by atoms with Crippen molar-refractivity contribution in [2.45, 2.75) is 95.4 Å². The lowest BCUT2D eigenvalue weighted by Crippen LogP contribution is -2.53. The van der Waals surface area contributed by atoms with Crippen LogP contribution in [0, 0.1) is 0 Å². The first-order valence-electron chi connectivity index (χ1n) is 10.9. The highest BCUT2D eigenvalue weighted by atomic mass is 16.5.